The zero-order chi connectivity index (χ0) is 22.5. The summed E-state index contributed by atoms with van der Waals surface area (Å²) >= 11 is 0. The fourth-order valence-electron chi connectivity index (χ4n) is 3.19. The zero-order valence-electron chi connectivity index (χ0n) is 17.0. The summed E-state index contributed by atoms with van der Waals surface area (Å²) in [6.45, 7) is 0.259. The number of aromatic hydroxyl groups is 1. The largest absolute Gasteiger partial charge is 0.506 e. The van der Waals surface area contributed by atoms with E-state index >= 15 is 0 Å². The molecule has 10 nitrogen and oxygen atoms in total. The van der Waals surface area contributed by atoms with Gasteiger partial charge in [-0.3, -0.25) is 9.59 Å². The zero-order valence-corrected chi connectivity index (χ0v) is 17.0. The number of nitrogens with two attached hydrogens (primary N) is 1. The highest BCUT2D eigenvalue weighted by atomic mass is 16.5. The molecular weight excluding hydrogens is 404 g/mol. The molecule has 10 heteroatoms. The molecule has 1 aromatic carbocycles. The molecule has 3 aromatic rings. The number of rotatable bonds is 8. The molecule has 1 atom stereocenters. The van der Waals surface area contributed by atoms with Crippen molar-refractivity contribution in [2.24, 2.45) is 12.8 Å². The van der Waals surface area contributed by atoms with Gasteiger partial charge in [0.05, 0.1) is 12.7 Å². The Hall–Kier alpha value is -4.08. The molecule has 2 heterocycles. The normalized spacial score (nSPS) is 11.7. The molecule has 0 unspecified atom stereocenters. The van der Waals surface area contributed by atoms with Crippen LogP contribution in [0.25, 0.3) is 0 Å². The number of imidazole rings is 1. The van der Waals surface area contributed by atoms with Gasteiger partial charge in [0.2, 0.25) is 5.91 Å². The molecule has 4 N–H and O–H groups in total. The Balaban J connectivity index is 1.93. The van der Waals surface area contributed by atoms with E-state index in [-0.39, 0.29) is 24.2 Å². The number of ether oxygens (including phenoxy) is 2. The molecule has 162 valence electrons. The lowest BCUT2D eigenvalue weighted by atomic mass is 9.87. The van der Waals surface area contributed by atoms with Crippen molar-refractivity contribution in [3.8, 4) is 11.5 Å². The van der Waals surface area contributed by atoms with Gasteiger partial charge in [-0.15, -0.1) is 0 Å². The molecule has 0 spiro atoms. The lowest BCUT2D eigenvalue weighted by Crippen LogP contribution is -2.23. The second-order valence-electron chi connectivity index (χ2n) is 6.82. The Morgan fingerprint density at radius 3 is 2.58 bits per heavy atom. The predicted molar refractivity (Wildman–Crippen MR) is 110 cm³/mol. The summed E-state index contributed by atoms with van der Waals surface area (Å²) in [5.74, 6) is -1.66. The maximum atomic E-state index is 12.5. The minimum atomic E-state index is -0.880. The van der Waals surface area contributed by atoms with Crippen LogP contribution in [0.5, 0.6) is 11.5 Å². The predicted octanol–water partition coefficient (Wildman–Crippen LogP) is 1.19. The Labute approximate surface area is 177 Å². The van der Waals surface area contributed by atoms with Crippen LogP contribution in [0.4, 0.5) is 0 Å². The lowest BCUT2D eigenvalue weighted by Gasteiger charge is -2.18. The van der Waals surface area contributed by atoms with Gasteiger partial charge in [0, 0.05) is 38.0 Å². The molecule has 0 aliphatic rings. The van der Waals surface area contributed by atoms with Gasteiger partial charge in [-0.1, -0.05) is 12.1 Å². The van der Waals surface area contributed by atoms with E-state index in [9.17, 15) is 19.5 Å². The van der Waals surface area contributed by atoms with E-state index in [1.165, 1.54) is 0 Å². The number of esters is 1. The SMILES string of the molecule is COC(=O)c1c[nH]c(=O)c([C@@H](CC(N)=O)c2ccc(OCc3nccn3C)cc2)c1O. The van der Waals surface area contributed by atoms with Crippen LogP contribution in [0, 0.1) is 0 Å². The Morgan fingerprint density at radius 1 is 1.29 bits per heavy atom. The van der Waals surface area contributed by atoms with Crippen LogP contribution in [0.1, 0.15) is 39.6 Å². The van der Waals surface area contributed by atoms with E-state index < -0.39 is 29.1 Å². The van der Waals surface area contributed by atoms with E-state index in [1.807, 2.05) is 17.8 Å². The molecular formula is C21H22N4O6. The first-order valence-corrected chi connectivity index (χ1v) is 9.32. The number of carbonyl (C=O) groups is 2. The third kappa shape index (κ3) is 4.74. The summed E-state index contributed by atoms with van der Waals surface area (Å²) in [6.07, 6.45) is 4.28. The number of carbonyl (C=O) groups excluding carboxylic acids is 2. The Morgan fingerprint density at radius 2 is 2.00 bits per heavy atom. The number of nitrogens with one attached hydrogen (secondary N) is 1. The van der Waals surface area contributed by atoms with Crippen molar-refractivity contribution in [3.05, 3.63) is 75.7 Å². The van der Waals surface area contributed by atoms with Gasteiger partial charge < -0.3 is 29.9 Å². The van der Waals surface area contributed by atoms with E-state index in [1.54, 1.807) is 30.5 Å². The average molecular weight is 426 g/mol. The van der Waals surface area contributed by atoms with E-state index in [0.717, 1.165) is 19.1 Å². The summed E-state index contributed by atoms with van der Waals surface area (Å²) in [6, 6.07) is 6.65. The van der Waals surface area contributed by atoms with Crippen molar-refractivity contribution in [3.63, 3.8) is 0 Å². The number of H-pyrrole nitrogens is 1. The number of aromatic amines is 1. The van der Waals surface area contributed by atoms with E-state index in [4.69, 9.17) is 10.5 Å². The van der Waals surface area contributed by atoms with Crippen LogP contribution in [-0.2, 0) is 23.2 Å². The number of benzene rings is 1. The van der Waals surface area contributed by atoms with Gasteiger partial charge in [0.15, 0.2) is 0 Å². The smallest absolute Gasteiger partial charge is 0.343 e. The van der Waals surface area contributed by atoms with Gasteiger partial charge >= 0.3 is 5.97 Å². The van der Waals surface area contributed by atoms with Crippen molar-refractivity contribution in [2.45, 2.75) is 18.9 Å². The average Bonchev–Trinajstić information content (AvgIpc) is 3.16. The minimum absolute atomic E-state index is 0.150. The number of amides is 1. The van der Waals surface area contributed by atoms with E-state index in [0.29, 0.717) is 11.3 Å². The second-order valence-corrected chi connectivity index (χ2v) is 6.82. The van der Waals surface area contributed by atoms with Crippen LogP contribution < -0.4 is 16.0 Å². The van der Waals surface area contributed by atoms with Crippen molar-refractivity contribution in [1.82, 2.24) is 14.5 Å². The topological polar surface area (TPSA) is 150 Å². The number of hydrogen-bond acceptors (Lipinski definition) is 7. The summed E-state index contributed by atoms with van der Waals surface area (Å²) < 4.78 is 12.2. The first-order chi connectivity index (χ1) is 14.8. The molecule has 2 aromatic heterocycles. The summed E-state index contributed by atoms with van der Waals surface area (Å²) in [7, 11) is 3.01. The van der Waals surface area contributed by atoms with Gasteiger partial charge in [-0.25, -0.2) is 9.78 Å². The second kappa shape index (κ2) is 9.16. The highest BCUT2D eigenvalue weighted by molar-refractivity contribution is 5.92. The quantitative estimate of drug-likeness (QED) is 0.458. The maximum Gasteiger partial charge on any atom is 0.343 e. The number of aromatic nitrogens is 3. The molecule has 0 fully saturated rings. The highest BCUT2D eigenvalue weighted by Crippen LogP contribution is 2.34. The Kier molecular flexibility index (Phi) is 6.39. The van der Waals surface area contributed by atoms with Crippen LogP contribution >= 0.6 is 0 Å². The minimum Gasteiger partial charge on any atom is -0.506 e. The summed E-state index contributed by atoms with van der Waals surface area (Å²) in [4.78, 5) is 42.6. The van der Waals surface area contributed by atoms with E-state index in [2.05, 4.69) is 14.7 Å². The number of hydrogen-bond donors (Lipinski definition) is 3. The molecule has 0 bridgehead atoms. The summed E-state index contributed by atoms with van der Waals surface area (Å²) in [5.41, 5.74) is 4.90. The van der Waals surface area contributed by atoms with Gasteiger partial charge in [-0.2, -0.15) is 0 Å². The standard InChI is InChI=1S/C21H22N4O6/c1-25-8-7-23-17(25)11-31-13-5-3-12(4-6-13)14(9-16(22)26)18-19(27)15(21(29)30-2)10-24-20(18)28/h3-8,10,14H,9,11H2,1-2H3,(H2,22,26)(H2,24,27,28)/t14-/m0/s1. The fraction of sp³-hybridized carbons (Fsp3) is 0.238. The third-order valence-electron chi connectivity index (χ3n) is 4.83. The number of aryl methyl sites for hydroxylation is 1. The van der Waals surface area contributed by atoms with Crippen molar-refractivity contribution >= 4 is 11.9 Å². The van der Waals surface area contributed by atoms with Gasteiger partial charge in [-0.05, 0) is 17.7 Å². The van der Waals surface area contributed by atoms with Crippen LogP contribution in [0.15, 0.2) is 47.7 Å². The third-order valence-corrected chi connectivity index (χ3v) is 4.83. The van der Waals surface area contributed by atoms with Gasteiger partial charge in [0.1, 0.15) is 29.5 Å². The van der Waals surface area contributed by atoms with Crippen LogP contribution in [0.3, 0.4) is 0 Å². The first-order valence-electron chi connectivity index (χ1n) is 9.32. The number of primary amides is 1. The molecule has 1 amide bonds. The number of methoxy groups -OCH3 is 1. The fourth-order valence-corrected chi connectivity index (χ4v) is 3.19. The summed E-state index contributed by atoms with van der Waals surface area (Å²) in [5, 5.41) is 10.6. The first kappa shape index (κ1) is 21.6. The molecule has 0 aliphatic carbocycles. The van der Waals surface area contributed by atoms with Crippen LogP contribution in [0.2, 0.25) is 0 Å². The van der Waals surface area contributed by atoms with Gasteiger partial charge in [0.25, 0.3) is 5.56 Å². The molecule has 3 rings (SSSR count). The number of pyridine rings is 1. The van der Waals surface area contributed by atoms with Crippen molar-refractivity contribution in [2.75, 3.05) is 7.11 Å². The Bertz CT molecular complexity index is 1150. The highest BCUT2D eigenvalue weighted by Gasteiger charge is 2.27. The van der Waals surface area contributed by atoms with Crippen molar-refractivity contribution < 1.29 is 24.2 Å². The lowest BCUT2D eigenvalue weighted by molar-refractivity contribution is -0.118. The molecule has 0 saturated heterocycles. The molecule has 0 aliphatic heterocycles. The molecule has 31 heavy (non-hydrogen) atoms. The molecule has 0 radical (unpaired) electrons. The van der Waals surface area contributed by atoms with Crippen LogP contribution in [-0.4, -0.2) is 38.6 Å². The van der Waals surface area contributed by atoms with Crippen molar-refractivity contribution in [1.29, 1.82) is 0 Å². The monoisotopic (exact) mass is 426 g/mol. The number of nitrogens with zero attached hydrogens (tertiary/aromatic N) is 2. The molecule has 0 saturated carbocycles. The maximum absolute atomic E-state index is 12.5.